The number of rotatable bonds is 9. The summed E-state index contributed by atoms with van der Waals surface area (Å²) >= 11 is 0. The Balaban J connectivity index is 0.00000363. The van der Waals surface area contributed by atoms with Crippen molar-refractivity contribution in [3.8, 4) is 5.75 Å². The smallest absolute Gasteiger partial charge is 0.191 e. The van der Waals surface area contributed by atoms with Crippen LogP contribution in [0.2, 0.25) is 0 Å². The molecule has 3 rings (SSSR count). The number of nitrogens with one attached hydrogen (secondary N) is 2. The van der Waals surface area contributed by atoms with Crippen LogP contribution in [0.25, 0.3) is 0 Å². The maximum Gasteiger partial charge on any atom is 0.191 e. The van der Waals surface area contributed by atoms with Crippen LogP contribution in [-0.2, 0) is 18.8 Å². The van der Waals surface area contributed by atoms with Gasteiger partial charge in [0, 0.05) is 12.7 Å². The molecule has 0 saturated carbocycles. The van der Waals surface area contributed by atoms with Crippen LogP contribution in [0.3, 0.4) is 0 Å². The molecule has 0 radical (unpaired) electrons. The predicted molar refractivity (Wildman–Crippen MR) is 139 cm³/mol. The molecule has 0 aliphatic rings. The van der Waals surface area contributed by atoms with Gasteiger partial charge in [-0.05, 0) is 49.2 Å². The molecule has 0 bridgehead atoms. The van der Waals surface area contributed by atoms with Gasteiger partial charge in [0.2, 0.25) is 0 Å². The van der Waals surface area contributed by atoms with Crippen LogP contribution < -0.4 is 15.4 Å². The van der Waals surface area contributed by atoms with E-state index in [0.29, 0.717) is 25.7 Å². The van der Waals surface area contributed by atoms with E-state index in [1.165, 1.54) is 0 Å². The van der Waals surface area contributed by atoms with Crippen molar-refractivity contribution in [2.24, 2.45) is 4.99 Å². The Labute approximate surface area is 207 Å². The summed E-state index contributed by atoms with van der Waals surface area (Å²) in [5.41, 5.74) is 1.77. The van der Waals surface area contributed by atoms with Crippen molar-refractivity contribution >= 4 is 29.9 Å². The molecule has 0 aliphatic heterocycles. The molecule has 6 nitrogen and oxygen atoms in total. The lowest BCUT2D eigenvalue weighted by molar-refractivity contribution is 0.0617. The van der Waals surface area contributed by atoms with E-state index < -0.39 is 5.60 Å². The van der Waals surface area contributed by atoms with Crippen molar-refractivity contribution in [1.29, 1.82) is 0 Å². The minimum absolute atomic E-state index is 0. The van der Waals surface area contributed by atoms with Gasteiger partial charge in [0.1, 0.15) is 18.0 Å². The first-order chi connectivity index (χ1) is 15.1. The van der Waals surface area contributed by atoms with E-state index in [9.17, 15) is 5.11 Å². The summed E-state index contributed by atoms with van der Waals surface area (Å²) in [7, 11) is 0. The van der Waals surface area contributed by atoms with Gasteiger partial charge < -0.3 is 20.5 Å². The number of benzene rings is 2. The van der Waals surface area contributed by atoms with Crippen LogP contribution in [0, 0.1) is 0 Å². The highest BCUT2D eigenvalue weighted by Crippen LogP contribution is 2.19. The van der Waals surface area contributed by atoms with Gasteiger partial charge in [-0.25, -0.2) is 4.99 Å². The fourth-order valence-electron chi connectivity index (χ4n) is 3.04. The molecule has 0 fully saturated rings. The van der Waals surface area contributed by atoms with E-state index in [4.69, 9.17) is 4.74 Å². The number of pyridine rings is 1. The third kappa shape index (κ3) is 8.12. The van der Waals surface area contributed by atoms with Crippen LogP contribution in [0.4, 0.5) is 0 Å². The third-order valence-electron chi connectivity index (χ3n) is 4.77. The minimum atomic E-state index is -1.00. The molecule has 3 aromatic rings. The highest BCUT2D eigenvalue weighted by Gasteiger charge is 2.22. The molecule has 1 heterocycles. The second-order valence-electron chi connectivity index (χ2n) is 7.45. The zero-order valence-corrected chi connectivity index (χ0v) is 20.8. The number of ether oxygens (including phenoxy) is 1. The summed E-state index contributed by atoms with van der Waals surface area (Å²) in [6.07, 6.45) is 1.76. The van der Waals surface area contributed by atoms with E-state index >= 15 is 0 Å². The quantitative estimate of drug-likeness (QED) is 0.213. The van der Waals surface area contributed by atoms with E-state index in [-0.39, 0.29) is 24.0 Å². The molecule has 0 spiro atoms. The van der Waals surface area contributed by atoms with Crippen molar-refractivity contribution in [1.82, 2.24) is 15.6 Å². The Kier molecular flexibility index (Phi) is 10.4. The van der Waals surface area contributed by atoms with Gasteiger partial charge in [-0.3, -0.25) is 4.98 Å². The monoisotopic (exact) mass is 546 g/mol. The van der Waals surface area contributed by atoms with Crippen LogP contribution in [0.1, 0.15) is 30.7 Å². The zero-order valence-electron chi connectivity index (χ0n) is 18.5. The minimum Gasteiger partial charge on any atom is -0.487 e. The van der Waals surface area contributed by atoms with Gasteiger partial charge in [0.15, 0.2) is 5.96 Å². The summed E-state index contributed by atoms with van der Waals surface area (Å²) < 4.78 is 5.85. The highest BCUT2D eigenvalue weighted by molar-refractivity contribution is 14.0. The molecule has 0 saturated heterocycles. The topological polar surface area (TPSA) is 78.8 Å². The van der Waals surface area contributed by atoms with Crippen molar-refractivity contribution in [2.45, 2.75) is 32.6 Å². The number of guanidine groups is 1. The first kappa shape index (κ1) is 25.6. The van der Waals surface area contributed by atoms with Gasteiger partial charge in [-0.1, -0.05) is 48.5 Å². The van der Waals surface area contributed by atoms with Gasteiger partial charge in [0.05, 0.1) is 18.8 Å². The molecule has 3 N–H and O–H groups in total. The number of aliphatic imine (C=N–C) groups is 1. The average Bonchev–Trinajstić information content (AvgIpc) is 2.81. The largest absolute Gasteiger partial charge is 0.487 e. The Morgan fingerprint density at radius 2 is 1.81 bits per heavy atom. The second-order valence-corrected chi connectivity index (χ2v) is 7.45. The summed E-state index contributed by atoms with van der Waals surface area (Å²) in [6, 6.07) is 23.3. The molecule has 7 heteroatoms. The Morgan fingerprint density at radius 1 is 1.03 bits per heavy atom. The first-order valence-electron chi connectivity index (χ1n) is 10.5. The van der Waals surface area contributed by atoms with Crippen LogP contribution in [0.5, 0.6) is 5.75 Å². The molecule has 1 aromatic heterocycles. The van der Waals surface area contributed by atoms with E-state index in [1.54, 1.807) is 13.1 Å². The molecular formula is C25H31IN4O2. The number of aromatic nitrogens is 1. The van der Waals surface area contributed by atoms with Gasteiger partial charge in [-0.15, -0.1) is 24.0 Å². The number of aliphatic hydroxyl groups is 1. The molecule has 0 amide bonds. The van der Waals surface area contributed by atoms with Gasteiger partial charge in [-0.2, -0.15) is 0 Å². The molecular weight excluding hydrogens is 515 g/mol. The van der Waals surface area contributed by atoms with Crippen molar-refractivity contribution in [3.05, 3.63) is 95.8 Å². The predicted octanol–water partition coefficient (Wildman–Crippen LogP) is 4.24. The SMILES string of the molecule is CCNC(=NCc1cccc(OCc2ccccn2)c1)NCC(C)(O)c1ccccc1.I. The molecule has 1 atom stereocenters. The lowest BCUT2D eigenvalue weighted by Crippen LogP contribution is -2.44. The van der Waals surface area contributed by atoms with Crippen molar-refractivity contribution < 1.29 is 9.84 Å². The number of hydrogen-bond acceptors (Lipinski definition) is 4. The molecule has 170 valence electrons. The van der Waals surface area contributed by atoms with Gasteiger partial charge in [0.25, 0.3) is 0 Å². The van der Waals surface area contributed by atoms with E-state index in [2.05, 4.69) is 20.6 Å². The highest BCUT2D eigenvalue weighted by atomic mass is 127. The molecule has 2 aromatic carbocycles. The molecule has 32 heavy (non-hydrogen) atoms. The maximum atomic E-state index is 10.8. The number of halogens is 1. The van der Waals surface area contributed by atoms with Crippen molar-refractivity contribution in [3.63, 3.8) is 0 Å². The summed E-state index contributed by atoms with van der Waals surface area (Å²) in [4.78, 5) is 8.93. The number of hydrogen-bond donors (Lipinski definition) is 3. The third-order valence-corrected chi connectivity index (χ3v) is 4.77. The molecule has 0 aliphatic carbocycles. The maximum absolute atomic E-state index is 10.8. The molecule has 1 unspecified atom stereocenters. The average molecular weight is 546 g/mol. The summed E-state index contributed by atoms with van der Waals surface area (Å²) in [5.74, 6) is 1.43. The van der Waals surface area contributed by atoms with E-state index in [0.717, 1.165) is 29.1 Å². The Hall–Kier alpha value is -2.65. The standard InChI is InChI=1S/C25H30N4O2.HI/c1-3-26-24(29-19-25(2,30)21-11-5-4-6-12-21)28-17-20-10-9-14-23(16-20)31-18-22-13-7-8-15-27-22;/h4-16,30H,3,17-19H2,1-2H3,(H2,26,28,29);1H. The summed E-state index contributed by atoms with van der Waals surface area (Å²) in [5, 5.41) is 17.3. The summed E-state index contributed by atoms with van der Waals surface area (Å²) in [6.45, 7) is 5.79. The second kappa shape index (κ2) is 13.0. The first-order valence-corrected chi connectivity index (χ1v) is 10.5. The van der Waals surface area contributed by atoms with Crippen LogP contribution in [0.15, 0.2) is 84.0 Å². The van der Waals surface area contributed by atoms with Crippen LogP contribution >= 0.6 is 24.0 Å². The van der Waals surface area contributed by atoms with Gasteiger partial charge >= 0.3 is 0 Å². The normalized spacial score (nSPS) is 12.9. The van der Waals surface area contributed by atoms with Crippen molar-refractivity contribution in [2.75, 3.05) is 13.1 Å². The Morgan fingerprint density at radius 3 is 2.53 bits per heavy atom. The zero-order chi connectivity index (χ0) is 21.9. The Bertz CT molecular complexity index is 966. The fraction of sp³-hybridized carbons (Fsp3) is 0.280. The fourth-order valence-corrected chi connectivity index (χ4v) is 3.04. The lowest BCUT2D eigenvalue weighted by atomic mass is 9.96. The lowest BCUT2D eigenvalue weighted by Gasteiger charge is -2.25. The van der Waals surface area contributed by atoms with Crippen LogP contribution in [-0.4, -0.2) is 29.1 Å². The van der Waals surface area contributed by atoms with E-state index in [1.807, 2.05) is 79.7 Å². The number of nitrogens with zero attached hydrogens (tertiary/aromatic N) is 2.